The summed E-state index contributed by atoms with van der Waals surface area (Å²) in [7, 11) is -1.96. The molecular formula is C20H28N4O2S2. The van der Waals surface area contributed by atoms with E-state index in [-0.39, 0.29) is 10.3 Å². The Morgan fingerprint density at radius 3 is 2.61 bits per heavy atom. The van der Waals surface area contributed by atoms with E-state index in [1.807, 2.05) is 17.4 Å². The summed E-state index contributed by atoms with van der Waals surface area (Å²) in [6.45, 7) is 1.31. The van der Waals surface area contributed by atoms with Crippen LogP contribution >= 0.6 is 11.3 Å². The van der Waals surface area contributed by atoms with Gasteiger partial charge in [-0.05, 0) is 42.0 Å². The summed E-state index contributed by atoms with van der Waals surface area (Å²) in [5.41, 5.74) is 0.998. The Morgan fingerprint density at radius 1 is 1.18 bits per heavy atom. The Balaban J connectivity index is 1.63. The molecule has 0 radical (unpaired) electrons. The molecule has 1 aromatic carbocycles. The molecule has 0 atom stereocenters. The Labute approximate surface area is 171 Å². The molecule has 1 aliphatic carbocycles. The van der Waals surface area contributed by atoms with Crippen LogP contribution in [0.4, 0.5) is 0 Å². The van der Waals surface area contributed by atoms with Crippen molar-refractivity contribution in [3.63, 3.8) is 0 Å². The molecule has 1 heterocycles. The number of rotatable bonds is 6. The molecule has 152 valence electrons. The molecule has 1 aromatic heterocycles. The molecular weight excluding hydrogens is 392 g/mol. The summed E-state index contributed by atoms with van der Waals surface area (Å²) in [5, 5.41) is 14.1. The van der Waals surface area contributed by atoms with Gasteiger partial charge in [0, 0.05) is 30.4 Å². The van der Waals surface area contributed by atoms with Crippen LogP contribution in [0.25, 0.3) is 0 Å². The molecule has 1 aliphatic rings. The van der Waals surface area contributed by atoms with Gasteiger partial charge in [0.05, 0.1) is 4.90 Å². The third-order valence-electron chi connectivity index (χ3n) is 5.36. The van der Waals surface area contributed by atoms with Crippen LogP contribution in [0.2, 0.25) is 0 Å². The van der Waals surface area contributed by atoms with Gasteiger partial charge >= 0.3 is 0 Å². The topological polar surface area (TPSA) is 96.6 Å². The van der Waals surface area contributed by atoms with Gasteiger partial charge in [-0.15, -0.1) is 11.3 Å². The number of thiophene rings is 1. The summed E-state index contributed by atoms with van der Waals surface area (Å²) in [5.74, 6) is 0.711. The normalized spacial score (nSPS) is 17.3. The van der Waals surface area contributed by atoms with Crippen molar-refractivity contribution in [2.24, 2.45) is 10.1 Å². The lowest BCUT2D eigenvalue weighted by Crippen LogP contribution is -2.46. The largest absolute Gasteiger partial charge is 0.355 e. The van der Waals surface area contributed by atoms with Gasteiger partial charge in [-0.3, -0.25) is 4.99 Å². The molecule has 1 saturated carbocycles. The van der Waals surface area contributed by atoms with E-state index in [9.17, 15) is 8.42 Å². The Kier molecular flexibility index (Phi) is 6.74. The maximum atomic E-state index is 11.5. The first-order valence-electron chi connectivity index (χ1n) is 9.53. The van der Waals surface area contributed by atoms with Gasteiger partial charge < -0.3 is 10.6 Å². The number of sulfonamides is 1. The van der Waals surface area contributed by atoms with Crippen LogP contribution in [0.5, 0.6) is 0 Å². The number of nitrogens with one attached hydrogen (secondary N) is 2. The number of nitrogens with two attached hydrogens (primary N) is 1. The molecule has 0 unspecified atom stereocenters. The van der Waals surface area contributed by atoms with Gasteiger partial charge in [0.15, 0.2) is 5.96 Å². The van der Waals surface area contributed by atoms with Gasteiger partial charge in [0.2, 0.25) is 10.0 Å². The van der Waals surface area contributed by atoms with Crippen LogP contribution in [0.1, 0.15) is 42.5 Å². The second-order valence-electron chi connectivity index (χ2n) is 7.29. The first-order valence-corrected chi connectivity index (χ1v) is 12.0. The fourth-order valence-electron chi connectivity index (χ4n) is 3.81. The molecule has 4 N–H and O–H groups in total. The number of guanidine groups is 1. The van der Waals surface area contributed by atoms with Crippen molar-refractivity contribution in [2.45, 2.75) is 49.0 Å². The highest BCUT2D eigenvalue weighted by atomic mass is 32.2. The number of nitrogens with zero attached hydrogens (tertiary/aromatic N) is 1. The minimum atomic E-state index is -3.70. The molecule has 8 heteroatoms. The lowest BCUT2D eigenvalue weighted by molar-refractivity contribution is 0.296. The Morgan fingerprint density at radius 2 is 1.96 bits per heavy atom. The zero-order valence-corrected chi connectivity index (χ0v) is 17.8. The van der Waals surface area contributed by atoms with Crippen molar-refractivity contribution in [3.8, 4) is 0 Å². The number of aliphatic imine (C=N–C) groups is 1. The van der Waals surface area contributed by atoms with E-state index < -0.39 is 10.0 Å². The summed E-state index contributed by atoms with van der Waals surface area (Å²) in [6.07, 6.45) is 6.19. The first kappa shape index (κ1) is 20.8. The van der Waals surface area contributed by atoms with Crippen LogP contribution in [0.3, 0.4) is 0 Å². The second kappa shape index (κ2) is 9.07. The summed E-state index contributed by atoms with van der Waals surface area (Å²) < 4.78 is 23.1. The van der Waals surface area contributed by atoms with Crippen LogP contribution in [0, 0.1) is 0 Å². The van der Waals surface area contributed by atoms with E-state index in [0.717, 1.165) is 12.1 Å². The molecule has 1 fully saturated rings. The summed E-state index contributed by atoms with van der Waals surface area (Å²) in [6, 6.07) is 11.0. The number of hydrogen-bond acceptors (Lipinski definition) is 4. The van der Waals surface area contributed by atoms with E-state index in [0.29, 0.717) is 12.5 Å². The summed E-state index contributed by atoms with van der Waals surface area (Å²) in [4.78, 5) is 5.89. The predicted octanol–water partition coefficient (Wildman–Crippen LogP) is 2.96. The third kappa shape index (κ3) is 5.12. The molecule has 6 nitrogen and oxygen atoms in total. The predicted molar refractivity (Wildman–Crippen MR) is 115 cm³/mol. The van der Waals surface area contributed by atoms with Gasteiger partial charge in [-0.1, -0.05) is 37.5 Å². The highest BCUT2D eigenvalue weighted by Crippen LogP contribution is 2.41. The van der Waals surface area contributed by atoms with Crippen molar-refractivity contribution in [1.29, 1.82) is 0 Å². The maximum absolute atomic E-state index is 11.5. The van der Waals surface area contributed by atoms with Crippen molar-refractivity contribution < 1.29 is 8.42 Å². The minimum Gasteiger partial charge on any atom is -0.355 e. The number of hydrogen-bond donors (Lipinski definition) is 3. The van der Waals surface area contributed by atoms with E-state index in [2.05, 4.69) is 33.1 Å². The average molecular weight is 421 g/mol. The smallest absolute Gasteiger partial charge is 0.238 e. The highest BCUT2D eigenvalue weighted by Gasteiger charge is 2.34. The fraction of sp³-hybridized carbons (Fsp3) is 0.450. The fourth-order valence-corrected chi connectivity index (χ4v) is 5.38. The minimum absolute atomic E-state index is 0.119. The van der Waals surface area contributed by atoms with Crippen LogP contribution in [0.15, 0.2) is 51.7 Å². The zero-order chi connectivity index (χ0) is 20.0. The van der Waals surface area contributed by atoms with Crippen molar-refractivity contribution >= 4 is 27.3 Å². The zero-order valence-electron chi connectivity index (χ0n) is 16.1. The van der Waals surface area contributed by atoms with Gasteiger partial charge in [-0.25, -0.2) is 13.6 Å². The first-order chi connectivity index (χ1) is 13.4. The summed E-state index contributed by atoms with van der Waals surface area (Å²) >= 11 is 1.83. The Bertz CT molecular complexity index is 902. The lowest BCUT2D eigenvalue weighted by Gasteiger charge is -2.37. The molecule has 3 rings (SSSR count). The molecule has 0 bridgehead atoms. The average Bonchev–Trinajstić information content (AvgIpc) is 3.24. The number of primary sulfonamides is 1. The molecule has 0 saturated heterocycles. The van der Waals surface area contributed by atoms with Gasteiger partial charge in [0.25, 0.3) is 0 Å². The van der Waals surface area contributed by atoms with E-state index in [4.69, 9.17) is 5.14 Å². The van der Waals surface area contributed by atoms with Crippen LogP contribution in [-0.4, -0.2) is 28.0 Å². The standard InChI is InChI=1S/C20H28N4O2S2/c1-22-19(23-14-16-7-5-8-17(13-16)28(21,25)26)24-15-20(10-3-2-4-11-20)18-9-6-12-27-18/h5-9,12-13H,2-4,10-11,14-15H2,1H3,(H2,21,25,26)(H2,22,23,24). The SMILES string of the molecule is CN=C(NCc1cccc(S(N)(=O)=O)c1)NCC1(c2cccs2)CCCCC1. The van der Waals surface area contributed by atoms with E-state index >= 15 is 0 Å². The molecule has 28 heavy (non-hydrogen) atoms. The van der Waals surface area contributed by atoms with E-state index in [1.54, 1.807) is 19.2 Å². The van der Waals surface area contributed by atoms with Crippen molar-refractivity contribution in [3.05, 3.63) is 52.2 Å². The molecule has 0 spiro atoms. The molecule has 0 aliphatic heterocycles. The quantitative estimate of drug-likeness (QED) is 0.494. The third-order valence-corrected chi connectivity index (χ3v) is 7.39. The second-order valence-corrected chi connectivity index (χ2v) is 9.80. The van der Waals surface area contributed by atoms with Crippen molar-refractivity contribution in [2.75, 3.05) is 13.6 Å². The van der Waals surface area contributed by atoms with Crippen molar-refractivity contribution in [1.82, 2.24) is 10.6 Å². The van der Waals surface area contributed by atoms with Crippen LogP contribution in [-0.2, 0) is 22.0 Å². The van der Waals surface area contributed by atoms with E-state index in [1.165, 1.54) is 43.0 Å². The molecule has 2 aromatic rings. The monoisotopic (exact) mass is 420 g/mol. The highest BCUT2D eigenvalue weighted by molar-refractivity contribution is 7.89. The van der Waals surface area contributed by atoms with Gasteiger partial charge in [0.1, 0.15) is 0 Å². The Hall–Kier alpha value is -1.90. The lowest BCUT2D eigenvalue weighted by atomic mass is 9.73. The van der Waals surface area contributed by atoms with Crippen LogP contribution < -0.4 is 15.8 Å². The number of benzene rings is 1. The maximum Gasteiger partial charge on any atom is 0.238 e. The van der Waals surface area contributed by atoms with Gasteiger partial charge in [-0.2, -0.15) is 0 Å². The molecule has 0 amide bonds.